The Hall–Kier alpha value is -2.90. The number of hydrogen-bond donors (Lipinski definition) is 2. The number of hydrogen-bond acceptors (Lipinski definition) is 6. The molecule has 0 saturated carbocycles. The summed E-state index contributed by atoms with van der Waals surface area (Å²) >= 11 is 0. The third-order valence-electron chi connectivity index (χ3n) is 2.40. The summed E-state index contributed by atoms with van der Waals surface area (Å²) in [5, 5.41) is 3.54. The number of rotatable bonds is 3. The van der Waals surface area contributed by atoms with E-state index in [-0.39, 0.29) is 17.3 Å². The van der Waals surface area contributed by atoms with Crippen molar-refractivity contribution in [2.75, 3.05) is 5.73 Å². The van der Waals surface area contributed by atoms with E-state index in [1.165, 1.54) is 6.20 Å². The Kier molecular flexibility index (Phi) is 3.95. The van der Waals surface area contributed by atoms with Gasteiger partial charge in [-0.15, -0.1) is 0 Å². The molecule has 7 nitrogen and oxygen atoms in total. The highest BCUT2D eigenvalue weighted by atomic mass is 16.7. The molecule has 8 heteroatoms. The molecule has 0 aliphatic heterocycles. The molecule has 0 aliphatic rings. The van der Waals surface area contributed by atoms with E-state index in [4.69, 9.17) is 16.3 Å². The first-order valence-electron chi connectivity index (χ1n) is 5.77. The summed E-state index contributed by atoms with van der Waals surface area (Å²) in [7, 11) is 1.74. The molecule has 0 fully saturated rings. The van der Waals surface area contributed by atoms with Crippen molar-refractivity contribution in [1.82, 2.24) is 9.97 Å². The number of carbonyl (C=O) groups excluding carboxylic acids is 1. The number of aromatic nitrogens is 2. The van der Waals surface area contributed by atoms with Crippen LogP contribution in [0.2, 0.25) is 0 Å². The van der Waals surface area contributed by atoms with Gasteiger partial charge in [-0.25, -0.2) is 9.78 Å². The lowest BCUT2D eigenvalue weighted by molar-refractivity contribution is 0.0516. The average molecular weight is 269 g/mol. The molecule has 0 radical (unpaired) electrons. The van der Waals surface area contributed by atoms with Gasteiger partial charge in [0, 0.05) is 11.8 Å². The van der Waals surface area contributed by atoms with Gasteiger partial charge in [-0.05, 0) is 12.1 Å². The van der Waals surface area contributed by atoms with Crippen LogP contribution >= 0.6 is 0 Å². The molecule has 1 aromatic carbocycles. The number of benzene rings is 1. The van der Waals surface area contributed by atoms with E-state index in [2.05, 4.69) is 15.1 Å². The normalized spacial score (nSPS) is 11.1. The van der Waals surface area contributed by atoms with Crippen LogP contribution in [0.1, 0.15) is 16.1 Å². The van der Waals surface area contributed by atoms with Gasteiger partial charge in [0.15, 0.2) is 19.5 Å². The highest BCUT2D eigenvalue weighted by Gasteiger charge is 2.10. The predicted octanol–water partition coefficient (Wildman–Crippen LogP) is -1.21. The quantitative estimate of drug-likeness (QED) is 0.237. The van der Waals surface area contributed by atoms with Crippen LogP contribution in [0, 0.1) is 0 Å². The van der Waals surface area contributed by atoms with Crippen LogP contribution < -0.4 is 17.1 Å². The minimum atomic E-state index is -0.618. The number of nitrogens with zero attached hydrogens (tertiary/aromatic N) is 3. The number of anilines is 1. The largest absolute Gasteiger partial charge is 0.382 e. The number of carbonyl (C=O) groups is 1. The van der Waals surface area contributed by atoms with E-state index in [9.17, 15) is 4.79 Å². The van der Waals surface area contributed by atoms with Gasteiger partial charge in [0.2, 0.25) is 0 Å². The molecule has 100 valence electrons. The number of amidine groups is 1. The maximum absolute atomic E-state index is 11.7. The zero-order valence-corrected chi connectivity index (χ0v) is 10.8. The Labute approximate surface area is 116 Å². The van der Waals surface area contributed by atoms with Crippen molar-refractivity contribution >= 4 is 31.1 Å². The minimum Gasteiger partial charge on any atom is -0.382 e. The molecule has 0 unspecified atom stereocenters. The molecular weight excluding hydrogens is 257 g/mol. The second-order valence-electron chi connectivity index (χ2n) is 3.97. The lowest BCUT2D eigenvalue weighted by Crippen LogP contribution is -2.24. The highest BCUT2D eigenvalue weighted by molar-refractivity contribution is 6.30. The molecule has 1 aromatic heterocycles. The standard InChI is InChI=1S/C12H12BN5O2/c13-8-6-16-10(14)9(17-8)11(15)18-20-12(19)7-4-2-1-3-5-7/h1-6H,13H2,(H2,14,16)(H2,15,18). The molecule has 0 amide bonds. The first-order chi connectivity index (χ1) is 9.58. The number of oxime groups is 1. The van der Waals surface area contributed by atoms with Crippen LogP contribution in [-0.4, -0.2) is 29.6 Å². The molecule has 0 atom stereocenters. The Morgan fingerprint density at radius 1 is 1.30 bits per heavy atom. The van der Waals surface area contributed by atoms with E-state index in [1.54, 1.807) is 38.2 Å². The molecule has 1 heterocycles. The summed E-state index contributed by atoms with van der Waals surface area (Å²) in [6, 6.07) is 8.43. The SMILES string of the molecule is Bc1cnc(N)c(/C(N)=N/OC(=O)c2ccccc2)n1. The molecule has 0 spiro atoms. The molecular formula is C12H12BN5O2. The fraction of sp³-hybridized carbons (Fsp3) is 0. The number of nitrogens with two attached hydrogens (primary N) is 2. The Morgan fingerprint density at radius 3 is 2.70 bits per heavy atom. The Balaban J connectivity index is 2.15. The molecule has 20 heavy (non-hydrogen) atoms. The summed E-state index contributed by atoms with van der Waals surface area (Å²) in [6.45, 7) is 0. The van der Waals surface area contributed by atoms with Crippen molar-refractivity contribution in [3.8, 4) is 0 Å². The van der Waals surface area contributed by atoms with E-state index in [1.807, 2.05) is 0 Å². The smallest absolute Gasteiger partial charge is 0.365 e. The lowest BCUT2D eigenvalue weighted by atomic mass is 10.1. The van der Waals surface area contributed by atoms with E-state index >= 15 is 0 Å². The van der Waals surface area contributed by atoms with Gasteiger partial charge in [0.05, 0.1) is 5.56 Å². The molecule has 0 saturated heterocycles. The van der Waals surface area contributed by atoms with E-state index in [0.717, 1.165) is 0 Å². The van der Waals surface area contributed by atoms with Crippen molar-refractivity contribution in [3.05, 3.63) is 47.8 Å². The summed E-state index contributed by atoms with van der Waals surface area (Å²) in [6.07, 6.45) is 1.50. The average Bonchev–Trinajstić information content (AvgIpc) is 2.47. The minimum absolute atomic E-state index is 0.108. The van der Waals surface area contributed by atoms with Crippen molar-refractivity contribution in [2.45, 2.75) is 0 Å². The zero-order valence-electron chi connectivity index (χ0n) is 10.8. The summed E-state index contributed by atoms with van der Waals surface area (Å²) in [5.74, 6) is -0.608. The highest BCUT2D eigenvalue weighted by Crippen LogP contribution is 2.04. The van der Waals surface area contributed by atoms with Gasteiger partial charge in [-0.1, -0.05) is 23.4 Å². The van der Waals surface area contributed by atoms with Crippen LogP contribution in [0.25, 0.3) is 0 Å². The monoisotopic (exact) mass is 269 g/mol. The van der Waals surface area contributed by atoms with Gasteiger partial charge in [0.1, 0.15) is 5.69 Å². The summed E-state index contributed by atoms with van der Waals surface area (Å²) in [5.41, 5.74) is 12.5. The molecule has 2 aromatic rings. The Bertz CT molecular complexity index is 660. The second-order valence-corrected chi connectivity index (χ2v) is 3.97. The van der Waals surface area contributed by atoms with Crippen LogP contribution in [-0.2, 0) is 4.84 Å². The molecule has 4 N–H and O–H groups in total. The Morgan fingerprint density at radius 2 is 2.00 bits per heavy atom. The van der Waals surface area contributed by atoms with Crippen molar-refractivity contribution in [1.29, 1.82) is 0 Å². The van der Waals surface area contributed by atoms with Crippen molar-refractivity contribution in [2.24, 2.45) is 10.9 Å². The number of nitrogen functional groups attached to an aromatic ring is 1. The van der Waals surface area contributed by atoms with E-state index in [0.29, 0.717) is 11.2 Å². The van der Waals surface area contributed by atoms with Crippen LogP contribution in [0.5, 0.6) is 0 Å². The van der Waals surface area contributed by atoms with Gasteiger partial charge in [-0.3, -0.25) is 4.98 Å². The van der Waals surface area contributed by atoms with Crippen LogP contribution in [0.4, 0.5) is 5.82 Å². The van der Waals surface area contributed by atoms with E-state index < -0.39 is 5.97 Å². The first-order valence-corrected chi connectivity index (χ1v) is 5.77. The van der Waals surface area contributed by atoms with Crippen LogP contribution in [0.15, 0.2) is 41.7 Å². The zero-order chi connectivity index (χ0) is 14.5. The molecule has 2 rings (SSSR count). The van der Waals surface area contributed by atoms with Crippen molar-refractivity contribution < 1.29 is 9.63 Å². The molecule has 0 bridgehead atoms. The van der Waals surface area contributed by atoms with Gasteiger partial charge in [-0.2, -0.15) is 0 Å². The van der Waals surface area contributed by atoms with Crippen molar-refractivity contribution in [3.63, 3.8) is 0 Å². The first kappa shape index (κ1) is 13.5. The fourth-order valence-electron chi connectivity index (χ4n) is 1.44. The maximum Gasteiger partial charge on any atom is 0.365 e. The van der Waals surface area contributed by atoms with Gasteiger partial charge in [0.25, 0.3) is 0 Å². The second kappa shape index (κ2) is 5.83. The van der Waals surface area contributed by atoms with Crippen LogP contribution in [0.3, 0.4) is 0 Å². The summed E-state index contributed by atoms with van der Waals surface area (Å²) in [4.78, 5) is 24.4. The molecule has 0 aliphatic carbocycles. The third kappa shape index (κ3) is 3.11. The van der Waals surface area contributed by atoms with Gasteiger partial charge < -0.3 is 16.3 Å². The lowest BCUT2D eigenvalue weighted by Gasteiger charge is -2.04. The fourth-order valence-corrected chi connectivity index (χ4v) is 1.44. The third-order valence-corrected chi connectivity index (χ3v) is 2.40. The maximum atomic E-state index is 11.7. The topological polar surface area (TPSA) is 116 Å². The van der Waals surface area contributed by atoms with Gasteiger partial charge >= 0.3 is 5.97 Å². The predicted molar refractivity (Wildman–Crippen MR) is 77.2 cm³/mol. The summed E-state index contributed by atoms with van der Waals surface area (Å²) < 4.78 is 0.